The second-order valence-electron chi connectivity index (χ2n) is 13.9. The monoisotopic (exact) mass is 719 g/mol. The Morgan fingerprint density at radius 1 is 0.885 bits per heavy atom. The number of nitrogens with zero attached hydrogens (tertiary/aromatic N) is 2. The second-order valence-corrected chi connectivity index (χ2v) is 14.3. The summed E-state index contributed by atoms with van der Waals surface area (Å²) in [5, 5.41) is 31.6. The molecule has 2 heterocycles. The minimum absolute atomic E-state index is 0.0433. The number of nitrogens with one attached hydrogen (secondary N) is 1. The number of allylic oxidation sites excluding steroid dienone is 2. The summed E-state index contributed by atoms with van der Waals surface area (Å²) in [5.74, 6) is -6.59. The molecule has 0 aromatic heterocycles. The van der Waals surface area contributed by atoms with Crippen LogP contribution in [0.5, 0.6) is 5.75 Å². The third-order valence-corrected chi connectivity index (χ3v) is 11.5. The summed E-state index contributed by atoms with van der Waals surface area (Å²) < 4.78 is 13.8. The molecule has 4 aromatic carbocycles. The van der Waals surface area contributed by atoms with Gasteiger partial charge in [-0.05, 0) is 102 Å². The number of carbonyl (C=O) groups is 4. The van der Waals surface area contributed by atoms with E-state index in [4.69, 9.17) is 11.6 Å². The van der Waals surface area contributed by atoms with Crippen LogP contribution in [0.15, 0.2) is 103 Å². The fraction of sp³-hybridized carbons (Fsp3) is 0.231. The lowest BCUT2D eigenvalue weighted by atomic mass is 9.49. The van der Waals surface area contributed by atoms with E-state index in [1.807, 2.05) is 6.08 Å². The highest BCUT2D eigenvalue weighted by atomic mass is 35.5. The Labute approximate surface area is 303 Å². The molecule has 3 fully saturated rings. The van der Waals surface area contributed by atoms with Gasteiger partial charge < -0.3 is 15.2 Å². The molecule has 4 amide bonds. The van der Waals surface area contributed by atoms with Gasteiger partial charge >= 0.3 is 7.12 Å². The topological polar surface area (TPSA) is 147 Å². The summed E-state index contributed by atoms with van der Waals surface area (Å²) in [6.07, 6.45) is 2.16. The molecule has 13 heteroatoms. The maximum Gasteiger partial charge on any atom is 0.488 e. The minimum Gasteiger partial charge on any atom is -0.508 e. The van der Waals surface area contributed by atoms with Crippen LogP contribution >= 0.6 is 11.6 Å². The molecule has 4 aromatic rings. The molecule has 6 atom stereocenters. The van der Waals surface area contributed by atoms with Gasteiger partial charge in [-0.25, -0.2) is 4.39 Å². The van der Waals surface area contributed by atoms with Crippen molar-refractivity contribution in [3.05, 3.63) is 130 Å². The first-order valence-corrected chi connectivity index (χ1v) is 17.3. The highest BCUT2D eigenvalue weighted by Crippen LogP contribution is 2.64. The number of halogens is 2. The fourth-order valence-corrected chi connectivity index (χ4v) is 9.09. The van der Waals surface area contributed by atoms with E-state index in [-0.39, 0.29) is 29.7 Å². The normalized spacial score (nSPS) is 26.6. The van der Waals surface area contributed by atoms with Gasteiger partial charge in [-0.1, -0.05) is 59.6 Å². The molecule has 1 saturated carbocycles. The van der Waals surface area contributed by atoms with Crippen molar-refractivity contribution in [3.8, 4) is 5.75 Å². The summed E-state index contributed by atoms with van der Waals surface area (Å²) in [6, 6.07) is 23.0. The summed E-state index contributed by atoms with van der Waals surface area (Å²) in [4.78, 5) is 59.5. The first kappa shape index (κ1) is 33.8. The van der Waals surface area contributed by atoms with E-state index in [9.17, 15) is 33.9 Å². The first-order chi connectivity index (χ1) is 24.9. The number of phenols is 1. The minimum atomic E-state index is -1.81. The molecule has 0 bridgehead atoms. The standard InChI is InChI=1S/C39H32BClFN3O7/c1-20-17-21(5-16-32(20)46)34-28-14-15-29-33(37(49)44(35(29)47)27-4-2-3-23(18-27)40(51)52)30(28)19-31-36(48)45(43-26-12-10-25(42)11-13-26)38(50)39(31,34)22-6-8-24(41)9-7-22/h2-14,16-18,29-31,33-34,43,46,51-52H,15,19H2,1H3/t29-,30+,31-,33-,34-,39+/m0/s1. The van der Waals surface area contributed by atoms with E-state index in [0.29, 0.717) is 27.4 Å². The van der Waals surface area contributed by atoms with E-state index < -0.39 is 71.6 Å². The zero-order valence-electron chi connectivity index (χ0n) is 27.7. The Bertz CT molecular complexity index is 2200. The van der Waals surface area contributed by atoms with Crippen LogP contribution in [0.2, 0.25) is 5.02 Å². The van der Waals surface area contributed by atoms with Gasteiger partial charge in [-0.15, -0.1) is 0 Å². The van der Waals surface area contributed by atoms with Crippen molar-refractivity contribution in [1.82, 2.24) is 5.01 Å². The van der Waals surface area contributed by atoms with Crippen LogP contribution in [-0.2, 0) is 24.6 Å². The summed E-state index contributed by atoms with van der Waals surface area (Å²) in [7, 11) is -1.81. The maximum atomic E-state index is 15.2. The van der Waals surface area contributed by atoms with Crippen LogP contribution in [0.3, 0.4) is 0 Å². The van der Waals surface area contributed by atoms with Crippen molar-refractivity contribution in [2.45, 2.75) is 31.1 Å². The number of amides is 4. The van der Waals surface area contributed by atoms with E-state index >= 15 is 4.79 Å². The van der Waals surface area contributed by atoms with Gasteiger partial charge in [-0.2, -0.15) is 5.01 Å². The number of fused-ring (bicyclic) bond motifs is 4. The van der Waals surface area contributed by atoms with Gasteiger partial charge in [0.15, 0.2) is 0 Å². The Morgan fingerprint density at radius 2 is 1.62 bits per heavy atom. The Morgan fingerprint density at radius 3 is 2.31 bits per heavy atom. The fourth-order valence-electron chi connectivity index (χ4n) is 8.97. The van der Waals surface area contributed by atoms with Crippen molar-refractivity contribution >= 4 is 59.2 Å². The van der Waals surface area contributed by atoms with Gasteiger partial charge in [-0.3, -0.25) is 29.5 Å². The van der Waals surface area contributed by atoms with Crippen LogP contribution in [0.25, 0.3) is 0 Å². The molecule has 10 nitrogen and oxygen atoms in total. The van der Waals surface area contributed by atoms with E-state index in [1.165, 1.54) is 48.5 Å². The van der Waals surface area contributed by atoms with Gasteiger partial charge in [0.2, 0.25) is 11.8 Å². The van der Waals surface area contributed by atoms with E-state index in [2.05, 4.69) is 5.43 Å². The lowest BCUT2D eigenvalue weighted by molar-refractivity contribution is -0.138. The molecule has 2 aliphatic carbocycles. The predicted molar refractivity (Wildman–Crippen MR) is 191 cm³/mol. The third kappa shape index (κ3) is 5.00. The molecular formula is C39H32BClFN3O7. The number of imide groups is 2. The smallest absolute Gasteiger partial charge is 0.488 e. The first-order valence-electron chi connectivity index (χ1n) is 16.9. The lowest BCUT2D eigenvalue weighted by Crippen LogP contribution is -2.53. The SMILES string of the molecule is Cc1cc([C@H]2C3=CC[C@@H]4C(=O)N(c5cccc(B(O)O)c5)C(=O)[C@@H]4[C@@H]3C[C@H]3C(=O)N(Nc4ccc(F)cc4)C(=O)[C@@]23c2ccc(Cl)cc2)ccc1O. The predicted octanol–water partition coefficient (Wildman–Crippen LogP) is 4.36. The number of benzene rings is 4. The molecule has 4 aliphatic rings. The van der Waals surface area contributed by atoms with Crippen LogP contribution < -0.4 is 15.8 Å². The highest BCUT2D eigenvalue weighted by molar-refractivity contribution is 6.58. The number of hydrogen-bond acceptors (Lipinski definition) is 8. The Kier molecular flexibility index (Phi) is 8.09. The maximum absolute atomic E-state index is 15.2. The number of aryl methyl sites for hydroxylation is 1. The molecule has 0 radical (unpaired) electrons. The van der Waals surface area contributed by atoms with E-state index in [0.717, 1.165) is 15.5 Å². The molecule has 8 rings (SSSR count). The molecule has 4 N–H and O–H groups in total. The van der Waals surface area contributed by atoms with Gasteiger partial charge in [0.05, 0.1) is 34.5 Å². The lowest BCUT2D eigenvalue weighted by Gasteiger charge is -2.50. The van der Waals surface area contributed by atoms with Crippen molar-refractivity contribution in [1.29, 1.82) is 0 Å². The quantitative estimate of drug-likeness (QED) is 0.131. The highest BCUT2D eigenvalue weighted by Gasteiger charge is 2.70. The zero-order chi connectivity index (χ0) is 36.6. The van der Waals surface area contributed by atoms with Crippen molar-refractivity contribution in [2.75, 3.05) is 10.3 Å². The largest absolute Gasteiger partial charge is 0.508 e. The Balaban J connectivity index is 1.31. The molecule has 262 valence electrons. The summed E-state index contributed by atoms with van der Waals surface area (Å²) >= 11 is 6.34. The third-order valence-electron chi connectivity index (χ3n) is 11.2. The van der Waals surface area contributed by atoms with Crippen molar-refractivity contribution in [3.63, 3.8) is 0 Å². The number of hydrazine groups is 1. The van der Waals surface area contributed by atoms with Gasteiger partial charge in [0, 0.05) is 10.9 Å². The summed E-state index contributed by atoms with van der Waals surface area (Å²) in [5.41, 5.74) is 4.42. The van der Waals surface area contributed by atoms with Crippen LogP contribution in [0.4, 0.5) is 15.8 Å². The number of aromatic hydroxyl groups is 1. The van der Waals surface area contributed by atoms with Gasteiger partial charge in [0.1, 0.15) is 11.6 Å². The number of anilines is 2. The van der Waals surface area contributed by atoms with E-state index in [1.54, 1.807) is 49.4 Å². The molecular weight excluding hydrogens is 688 g/mol. The molecule has 0 unspecified atom stereocenters. The van der Waals surface area contributed by atoms with Crippen molar-refractivity contribution in [2.24, 2.45) is 23.7 Å². The number of rotatable bonds is 6. The molecule has 0 spiro atoms. The van der Waals surface area contributed by atoms with Crippen molar-refractivity contribution < 1.29 is 38.7 Å². The van der Waals surface area contributed by atoms with Crippen LogP contribution in [-0.4, -0.2) is 50.9 Å². The molecule has 2 saturated heterocycles. The van der Waals surface area contributed by atoms with Gasteiger partial charge in [0.25, 0.3) is 11.8 Å². The molecule has 52 heavy (non-hydrogen) atoms. The number of hydrogen-bond donors (Lipinski definition) is 4. The van der Waals surface area contributed by atoms with Crippen LogP contribution in [0.1, 0.15) is 35.4 Å². The summed E-state index contributed by atoms with van der Waals surface area (Å²) in [6.45, 7) is 1.73. The number of carbonyl (C=O) groups excluding carboxylic acids is 4. The number of phenolic OH excluding ortho intramolecular Hbond substituents is 1. The second kappa shape index (κ2) is 12.4. The average Bonchev–Trinajstić information content (AvgIpc) is 3.51. The average molecular weight is 720 g/mol. The van der Waals surface area contributed by atoms with Crippen LogP contribution in [0, 0.1) is 36.4 Å². The Hall–Kier alpha value is -5.30. The zero-order valence-corrected chi connectivity index (χ0v) is 28.5. The molecule has 2 aliphatic heterocycles.